The van der Waals surface area contributed by atoms with Crippen molar-refractivity contribution in [3.05, 3.63) is 0 Å². The average molecular weight is 239 g/mol. The molecule has 1 atom stereocenters. The molecule has 0 aromatic heterocycles. The Hall–Kier alpha value is 0.100. The molecule has 4 fully saturated rings. The van der Waals surface area contributed by atoms with Crippen LogP contribution < -0.4 is 0 Å². The van der Waals surface area contributed by atoms with Gasteiger partial charge in [0.05, 0.1) is 7.80 Å². The summed E-state index contributed by atoms with van der Waals surface area (Å²) in [7, 11) is -0.886. The van der Waals surface area contributed by atoms with Gasteiger partial charge in [-0.05, 0) is 62.2 Å². The van der Waals surface area contributed by atoms with E-state index in [4.69, 9.17) is 0 Å². The molecular formula is C14H24OP. The fraction of sp³-hybridized carbons (Fsp3) is 1.00. The van der Waals surface area contributed by atoms with Crippen LogP contribution in [0.1, 0.15) is 51.9 Å². The molecule has 0 heterocycles. The fourth-order valence-corrected chi connectivity index (χ4v) is 7.18. The van der Waals surface area contributed by atoms with Gasteiger partial charge >= 0.3 is 0 Å². The summed E-state index contributed by atoms with van der Waals surface area (Å²) in [6.07, 6.45) is 10.6. The lowest BCUT2D eigenvalue weighted by Gasteiger charge is -2.53. The van der Waals surface area contributed by atoms with Gasteiger partial charge in [0.1, 0.15) is 0 Å². The van der Waals surface area contributed by atoms with E-state index in [1.165, 1.54) is 44.9 Å². The Kier molecular flexibility index (Phi) is 3.09. The highest BCUT2D eigenvalue weighted by Gasteiger charge is 2.50. The van der Waals surface area contributed by atoms with E-state index in [2.05, 4.69) is 6.92 Å². The third-order valence-electron chi connectivity index (χ3n) is 5.24. The lowest BCUT2D eigenvalue weighted by molar-refractivity contribution is 0.0240. The molecule has 4 aliphatic rings. The second-order valence-electron chi connectivity index (χ2n) is 6.42. The summed E-state index contributed by atoms with van der Waals surface area (Å²) < 4.78 is 12.4. The first-order chi connectivity index (χ1) is 7.78. The molecule has 16 heavy (non-hydrogen) atoms. The Morgan fingerprint density at radius 2 is 1.56 bits per heavy atom. The van der Waals surface area contributed by atoms with Gasteiger partial charge < -0.3 is 0 Å². The van der Waals surface area contributed by atoms with Gasteiger partial charge in [-0.1, -0.05) is 13.3 Å². The van der Waals surface area contributed by atoms with Gasteiger partial charge in [-0.15, -0.1) is 0 Å². The van der Waals surface area contributed by atoms with E-state index in [1.807, 2.05) is 0 Å². The molecule has 0 N–H and O–H groups in total. The number of hydrogen-bond acceptors (Lipinski definition) is 1. The van der Waals surface area contributed by atoms with Crippen LogP contribution in [-0.4, -0.2) is 11.8 Å². The highest BCUT2D eigenvalue weighted by atomic mass is 31.1. The van der Waals surface area contributed by atoms with E-state index in [9.17, 15) is 4.57 Å². The van der Waals surface area contributed by atoms with E-state index in [-0.39, 0.29) is 0 Å². The summed E-state index contributed by atoms with van der Waals surface area (Å²) in [4.78, 5) is 0. The molecule has 0 aromatic carbocycles. The van der Waals surface area contributed by atoms with Gasteiger partial charge in [0.2, 0.25) is 0 Å². The number of unbranched alkanes of at least 4 members (excludes halogenated alkanes) is 1. The van der Waals surface area contributed by atoms with Gasteiger partial charge in [-0.3, -0.25) is 4.57 Å². The SMILES string of the molecule is CCCC[P](=O)C1C2CC3CC(C2)CC1C3. The van der Waals surface area contributed by atoms with E-state index in [0.29, 0.717) is 5.66 Å². The van der Waals surface area contributed by atoms with Crippen molar-refractivity contribution in [2.75, 3.05) is 6.16 Å². The van der Waals surface area contributed by atoms with E-state index < -0.39 is 7.80 Å². The van der Waals surface area contributed by atoms with Crippen molar-refractivity contribution < 1.29 is 4.57 Å². The molecule has 4 bridgehead atoms. The van der Waals surface area contributed by atoms with Crippen molar-refractivity contribution in [3.8, 4) is 0 Å². The first-order valence-corrected chi connectivity index (χ1v) is 8.73. The second-order valence-corrected chi connectivity index (χ2v) is 8.29. The van der Waals surface area contributed by atoms with Crippen molar-refractivity contribution >= 4 is 7.80 Å². The lowest BCUT2D eigenvalue weighted by Crippen LogP contribution is -2.46. The minimum atomic E-state index is -0.886. The normalized spacial score (nSPS) is 46.1. The molecule has 0 amide bonds. The van der Waals surface area contributed by atoms with Crippen molar-refractivity contribution in [2.24, 2.45) is 23.7 Å². The molecule has 0 spiro atoms. The molecule has 4 rings (SSSR count). The molecule has 1 nitrogen and oxygen atoms in total. The topological polar surface area (TPSA) is 17.1 Å². The van der Waals surface area contributed by atoms with Gasteiger partial charge in [0.25, 0.3) is 0 Å². The molecular weight excluding hydrogens is 215 g/mol. The van der Waals surface area contributed by atoms with Gasteiger partial charge in [-0.25, -0.2) is 0 Å². The minimum Gasteiger partial charge on any atom is -0.287 e. The van der Waals surface area contributed by atoms with Crippen LogP contribution in [0.4, 0.5) is 0 Å². The van der Waals surface area contributed by atoms with Crippen LogP contribution in [0.3, 0.4) is 0 Å². The molecule has 4 aliphatic carbocycles. The first-order valence-electron chi connectivity index (χ1n) is 7.21. The third kappa shape index (κ3) is 1.86. The maximum atomic E-state index is 12.4. The molecule has 0 aromatic rings. The summed E-state index contributed by atoms with van der Waals surface area (Å²) in [5.74, 6) is 3.76. The van der Waals surface area contributed by atoms with Crippen LogP contribution >= 0.6 is 7.80 Å². The lowest BCUT2D eigenvalue weighted by atomic mass is 9.56. The predicted molar refractivity (Wildman–Crippen MR) is 68.2 cm³/mol. The first kappa shape index (κ1) is 11.2. The molecule has 0 saturated heterocycles. The van der Waals surface area contributed by atoms with Crippen molar-refractivity contribution in [2.45, 2.75) is 57.5 Å². The van der Waals surface area contributed by atoms with E-state index >= 15 is 0 Å². The highest BCUT2D eigenvalue weighted by Crippen LogP contribution is 2.60. The predicted octanol–water partition coefficient (Wildman–Crippen LogP) is 4.44. The molecule has 2 heteroatoms. The van der Waals surface area contributed by atoms with Gasteiger partial charge in [0, 0.05) is 11.8 Å². The maximum absolute atomic E-state index is 12.4. The Balaban J connectivity index is 1.69. The zero-order chi connectivity index (χ0) is 11.1. The van der Waals surface area contributed by atoms with Crippen molar-refractivity contribution in [1.29, 1.82) is 0 Å². The standard InChI is InChI=1S/C14H24OP/c1-2-3-4-16(15)14-12-6-10-5-11(8-12)9-13(14)7-10/h10-14H,2-9H2,1H3. The summed E-state index contributed by atoms with van der Waals surface area (Å²) in [6, 6.07) is 0. The minimum absolute atomic E-state index is 0.634. The van der Waals surface area contributed by atoms with Crippen LogP contribution in [0.2, 0.25) is 0 Å². The average Bonchev–Trinajstić information content (AvgIpc) is 2.24. The Morgan fingerprint density at radius 3 is 2.06 bits per heavy atom. The highest BCUT2D eigenvalue weighted by molar-refractivity contribution is 7.45. The van der Waals surface area contributed by atoms with Crippen molar-refractivity contribution in [1.82, 2.24) is 0 Å². The van der Waals surface area contributed by atoms with Crippen LogP contribution in [0.5, 0.6) is 0 Å². The Morgan fingerprint density at radius 1 is 1.00 bits per heavy atom. The fourth-order valence-electron chi connectivity index (χ4n) is 4.83. The number of hydrogen-bond donors (Lipinski definition) is 0. The van der Waals surface area contributed by atoms with Crippen LogP contribution in [0, 0.1) is 23.7 Å². The quantitative estimate of drug-likeness (QED) is 0.663. The molecule has 1 radical (unpaired) electrons. The van der Waals surface area contributed by atoms with Crippen LogP contribution in [0.15, 0.2) is 0 Å². The largest absolute Gasteiger partial charge is 0.287 e. The third-order valence-corrected chi connectivity index (χ3v) is 7.51. The molecule has 91 valence electrons. The zero-order valence-electron chi connectivity index (χ0n) is 10.4. The second kappa shape index (κ2) is 4.41. The molecule has 0 aliphatic heterocycles. The summed E-state index contributed by atoms with van der Waals surface area (Å²) in [5.41, 5.74) is 0.634. The Labute approximate surface area is 100 Å². The Bertz CT molecular complexity index is 258. The smallest absolute Gasteiger partial charge is 0.0755 e. The monoisotopic (exact) mass is 239 g/mol. The van der Waals surface area contributed by atoms with E-state index in [1.54, 1.807) is 0 Å². The molecule has 4 saturated carbocycles. The van der Waals surface area contributed by atoms with Crippen LogP contribution in [-0.2, 0) is 4.57 Å². The van der Waals surface area contributed by atoms with Gasteiger partial charge in [-0.2, -0.15) is 0 Å². The maximum Gasteiger partial charge on any atom is 0.0755 e. The summed E-state index contributed by atoms with van der Waals surface area (Å²) in [5, 5.41) is 0. The van der Waals surface area contributed by atoms with Gasteiger partial charge in [0.15, 0.2) is 0 Å². The summed E-state index contributed by atoms with van der Waals surface area (Å²) >= 11 is 0. The zero-order valence-corrected chi connectivity index (χ0v) is 11.3. The summed E-state index contributed by atoms with van der Waals surface area (Å²) in [6.45, 7) is 2.21. The molecule has 1 unspecified atom stereocenters. The van der Waals surface area contributed by atoms with Crippen LogP contribution in [0.25, 0.3) is 0 Å². The van der Waals surface area contributed by atoms with Crippen molar-refractivity contribution in [3.63, 3.8) is 0 Å². The number of rotatable bonds is 4. The van der Waals surface area contributed by atoms with E-state index in [0.717, 1.165) is 29.8 Å².